The van der Waals surface area contributed by atoms with E-state index in [4.69, 9.17) is 4.74 Å². The number of carbonyl (C=O) groups excluding carboxylic acids is 2. The largest absolute Gasteiger partial charge is 0.356 e. The summed E-state index contributed by atoms with van der Waals surface area (Å²) in [5, 5.41) is 10.6. The molecule has 1 aromatic carbocycles. The monoisotopic (exact) mass is 355 g/mol. The van der Waals surface area contributed by atoms with Gasteiger partial charge in [-0.3, -0.25) is 9.59 Å². The highest BCUT2D eigenvalue weighted by atomic mass is 16.5. The van der Waals surface area contributed by atoms with Gasteiger partial charge in [0, 0.05) is 19.1 Å². The Morgan fingerprint density at radius 1 is 1.12 bits per heavy atom. The van der Waals surface area contributed by atoms with Gasteiger partial charge in [-0.1, -0.05) is 30.3 Å². The second-order valence-electron chi connectivity index (χ2n) is 6.65. The van der Waals surface area contributed by atoms with Gasteiger partial charge >= 0.3 is 0 Å². The molecule has 2 aliphatic rings. The van der Waals surface area contributed by atoms with Crippen molar-refractivity contribution in [2.75, 3.05) is 19.7 Å². The fourth-order valence-electron chi connectivity index (χ4n) is 3.65. The molecule has 1 N–H and O–H groups in total. The number of aromatic nitrogens is 3. The summed E-state index contributed by atoms with van der Waals surface area (Å²) in [4.78, 5) is 26.7. The molecule has 2 amide bonds. The van der Waals surface area contributed by atoms with Crippen molar-refractivity contribution in [1.29, 1.82) is 0 Å². The van der Waals surface area contributed by atoms with Crippen LogP contribution in [0.25, 0.3) is 0 Å². The molecule has 2 aliphatic heterocycles. The first kappa shape index (κ1) is 16.7. The molecule has 8 heteroatoms. The molecular weight excluding hydrogens is 334 g/mol. The highest BCUT2D eigenvalue weighted by molar-refractivity contribution is 5.86. The standard InChI is InChI=1S/C18H21N5O3/c24-15-10-26-17(16(21-15)13-4-2-1-3-5-13)18(25)22-8-6-14(7-9-22)23-11-19-20-12-23/h1-5,11-12,14,16-17H,6-10H2,(H,21,24)/t16-,17+/m1/s1. The average molecular weight is 355 g/mol. The van der Waals surface area contributed by atoms with E-state index >= 15 is 0 Å². The van der Waals surface area contributed by atoms with Crippen LogP contribution in [0.1, 0.15) is 30.5 Å². The van der Waals surface area contributed by atoms with E-state index < -0.39 is 12.1 Å². The van der Waals surface area contributed by atoms with Gasteiger partial charge in [0.2, 0.25) is 5.91 Å². The van der Waals surface area contributed by atoms with Crippen molar-refractivity contribution in [3.8, 4) is 0 Å². The second-order valence-corrected chi connectivity index (χ2v) is 6.65. The van der Waals surface area contributed by atoms with Crippen molar-refractivity contribution in [2.45, 2.75) is 31.0 Å². The fourth-order valence-corrected chi connectivity index (χ4v) is 3.65. The van der Waals surface area contributed by atoms with Gasteiger partial charge in [-0.15, -0.1) is 10.2 Å². The second kappa shape index (κ2) is 7.25. The normalized spacial score (nSPS) is 24.3. The first-order chi connectivity index (χ1) is 12.7. The number of morpholine rings is 1. The predicted octanol–water partition coefficient (Wildman–Crippen LogP) is 0.698. The van der Waals surface area contributed by atoms with Gasteiger partial charge in [0.05, 0.1) is 6.04 Å². The summed E-state index contributed by atoms with van der Waals surface area (Å²) in [6.07, 6.45) is 4.43. The molecule has 0 radical (unpaired) electrons. The minimum atomic E-state index is -0.693. The Morgan fingerprint density at radius 2 is 1.81 bits per heavy atom. The fraction of sp³-hybridized carbons (Fsp3) is 0.444. The molecule has 0 unspecified atom stereocenters. The lowest BCUT2D eigenvalue weighted by Crippen LogP contribution is -2.54. The number of carbonyl (C=O) groups is 2. The van der Waals surface area contributed by atoms with E-state index in [9.17, 15) is 9.59 Å². The number of hydrogen-bond donors (Lipinski definition) is 1. The zero-order chi connectivity index (χ0) is 17.9. The van der Waals surface area contributed by atoms with E-state index in [1.807, 2.05) is 39.8 Å². The summed E-state index contributed by atoms with van der Waals surface area (Å²) >= 11 is 0. The zero-order valence-electron chi connectivity index (χ0n) is 14.3. The van der Waals surface area contributed by atoms with E-state index in [1.54, 1.807) is 12.7 Å². The first-order valence-electron chi connectivity index (χ1n) is 8.81. The van der Waals surface area contributed by atoms with Crippen molar-refractivity contribution in [2.24, 2.45) is 0 Å². The summed E-state index contributed by atoms with van der Waals surface area (Å²) in [6.45, 7) is 1.21. The lowest BCUT2D eigenvalue weighted by atomic mass is 9.97. The molecule has 3 heterocycles. The summed E-state index contributed by atoms with van der Waals surface area (Å²) in [5.74, 6) is -0.268. The number of benzene rings is 1. The highest BCUT2D eigenvalue weighted by Gasteiger charge is 2.39. The van der Waals surface area contributed by atoms with Gasteiger partial charge in [0.25, 0.3) is 5.91 Å². The van der Waals surface area contributed by atoms with Gasteiger partial charge in [-0.05, 0) is 18.4 Å². The molecule has 2 saturated heterocycles. The van der Waals surface area contributed by atoms with Crippen LogP contribution in [0, 0.1) is 0 Å². The van der Waals surface area contributed by atoms with Crippen LogP contribution in [0.2, 0.25) is 0 Å². The van der Waals surface area contributed by atoms with Crippen molar-refractivity contribution in [1.82, 2.24) is 25.0 Å². The zero-order valence-corrected chi connectivity index (χ0v) is 14.3. The van der Waals surface area contributed by atoms with Gasteiger partial charge in [0.15, 0.2) is 6.10 Å². The minimum absolute atomic E-state index is 0.0685. The maximum Gasteiger partial charge on any atom is 0.254 e. The van der Waals surface area contributed by atoms with Crippen molar-refractivity contribution < 1.29 is 14.3 Å². The summed E-state index contributed by atoms with van der Waals surface area (Å²) < 4.78 is 7.63. The SMILES string of the molecule is O=C1CO[C@H](C(=O)N2CCC(n3cnnc3)CC2)[C@@H](c2ccccc2)N1. The molecule has 1 aromatic heterocycles. The van der Waals surface area contributed by atoms with Crippen LogP contribution in [0.3, 0.4) is 0 Å². The molecule has 4 rings (SSSR count). The van der Waals surface area contributed by atoms with Crippen LogP contribution in [-0.4, -0.2) is 57.3 Å². The van der Waals surface area contributed by atoms with Crippen LogP contribution >= 0.6 is 0 Å². The van der Waals surface area contributed by atoms with Crippen molar-refractivity contribution in [3.63, 3.8) is 0 Å². The molecule has 0 saturated carbocycles. The number of rotatable bonds is 3. The van der Waals surface area contributed by atoms with Crippen molar-refractivity contribution in [3.05, 3.63) is 48.5 Å². The highest BCUT2D eigenvalue weighted by Crippen LogP contribution is 2.27. The molecule has 2 fully saturated rings. The summed E-state index contributed by atoms with van der Waals surface area (Å²) in [6, 6.07) is 9.34. The molecule has 0 spiro atoms. The number of amides is 2. The van der Waals surface area contributed by atoms with E-state index in [-0.39, 0.29) is 18.4 Å². The molecular formula is C18H21N5O3. The van der Waals surface area contributed by atoms with E-state index in [1.165, 1.54) is 0 Å². The smallest absolute Gasteiger partial charge is 0.254 e. The molecule has 8 nitrogen and oxygen atoms in total. The van der Waals surface area contributed by atoms with Crippen LogP contribution in [0.5, 0.6) is 0 Å². The number of nitrogens with one attached hydrogen (secondary N) is 1. The third-order valence-corrected chi connectivity index (χ3v) is 5.05. The van der Waals surface area contributed by atoms with E-state index in [0.717, 1.165) is 18.4 Å². The van der Waals surface area contributed by atoms with Crippen molar-refractivity contribution >= 4 is 11.8 Å². The summed E-state index contributed by atoms with van der Waals surface area (Å²) in [7, 11) is 0. The van der Waals surface area contributed by atoms with E-state index in [2.05, 4.69) is 15.5 Å². The Hall–Kier alpha value is -2.74. The average Bonchev–Trinajstić information content (AvgIpc) is 3.23. The number of piperidine rings is 1. The predicted molar refractivity (Wildman–Crippen MR) is 91.9 cm³/mol. The van der Waals surface area contributed by atoms with Crippen LogP contribution < -0.4 is 5.32 Å². The lowest BCUT2D eigenvalue weighted by molar-refractivity contribution is -0.156. The van der Waals surface area contributed by atoms with Crippen LogP contribution in [-0.2, 0) is 14.3 Å². The Labute approximate surface area is 151 Å². The van der Waals surface area contributed by atoms with E-state index in [0.29, 0.717) is 19.1 Å². The number of ether oxygens (including phenoxy) is 1. The third-order valence-electron chi connectivity index (χ3n) is 5.05. The Balaban J connectivity index is 1.45. The van der Waals surface area contributed by atoms with Gasteiger partial charge in [-0.2, -0.15) is 0 Å². The maximum absolute atomic E-state index is 13.1. The van der Waals surface area contributed by atoms with Gasteiger partial charge in [-0.25, -0.2) is 0 Å². The Bertz CT molecular complexity index is 756. The number of nitrogens with zero attached hydrogens (tertiary/aromatic N) is 4. The van der Waals surface area contributed by atoms with Gasteiger partial charge in [0.1, 0.15) is 19.3 Å². The van der Waals surface area contributed by atoms with Gasteiger partial charge < -0.3 is 19.5 Å². The lowest BCUT2D eigenvalue weighted by Gasteiger charge is -2.38. The number of likely N-dealkylation sites (tertiary alicyclic amines) is 1. The third kappa shape index (κ3) is 3.32. The Kier molecular flexibility index (Phi) is 4.66. The topological polar surface area (TPSA) is 89.4 Å². The minimum Gasteiger partial charge on any atom is -0.356 e. The quantitative estimate of drug-likeness (QED) is 0.875. The summed E-state index contributed by atoms with van der Waals surface area (Å²) in [5.41, 5.74) is 0.873. The maximum atomic E-state index is 13.1. The molecule has 2 atom stereocenters. The molecule has 2 aromatic rings. The molecule has 26 heavy (non-hydrogen) atoms. The Morgan fingerprint density at radius 3 is 2.50 bits per heavy atom. The molecule has 0 aliphatic carbocycles. The van der Waals surface area contributed by atoms with Crippen LogP contribution in [0.4, 0.5) is 0 Å². The first-order valence-corrected chi connectivity index (χ1v) is 8.81. The molecule has 136 valence electrons. The van der Waals surface area contributed by atoms with Crippen LogP contribution in [0.15, 0.2) is 43.0 Å². The molecule has 0 bridgehead atoms. The number of hydrogen-bond acceptors (Lipinski definition) is 5.